The summed E-state index contributed by atoms with van der Waals surface area (Å²) in [6.45, 7) is 11.8. The minimum absolute atomic E-state index is 0. The van der Waals surface area contributed by atoms with Crippen molar-refractivity contribution in [1.29, 1.82) is 0 Å². The van der Waals surface area contributed by atoms with Crippen LogP contribution in [-0.2, 0) is 4.74 Å². The molecule has 6 nitrogen and oxygen atoms in total. The van der Waals surface area contributed by atoms with Gasteiger partial charge in [0.2, 0.25) is 0 Å². The Balaban J connectivity index is 0.00000480. The molecule has 31 heavy (non-hydrogen) atoms. The van der Waals surface area contributed by atoms with Gasteiger partial charge in [0.05, 0.1) is 19.3 Å². The number of rotatable bonds is 11. The van der Waals surface area contributed by atoms with Crippen LogP contribution in [0.15, 0.2) is 29.3 Å². The van der Waals surface area contributed by atoms with Crippen molar-refractivity contribution in [2.75, 3.05) is 52.5 Å². The van der Waals surface area contributed by atoms with Crippen molar-refractivity contribution in [3.8, 4) is 0 Å². The normalized spacial score (nSPS) is 16.5. The van der Waals surface area contributed by atoms with E-state index in [1.165, 1.54) is 12.1 Å². The minimum Gasteiger partial charge on any atom is -0.396 e. The SMILES string of the molecule is CCNC(=NCC(CC)(CC)CCO)NCC(c1ccc(F)cc1)N1CCOCC1.I. The number of morpholine rings is 1. The molecule has 0 spiro atoms. The highest BCUT2D eigenvalue weighted by Crippen LogP contribution is 2.30. The number of nitrogens with zero attached hydrogens (tertiary/aromatic N) is 2. The predicted molar refractivity (Wildman–Crippen MR) is 136 cm³/mol. The van der Waals surface area contributed by atoms with Crippen LogP contribution in [0.2, 0.25) is 0 Å². The molecule has 8 heteroatoms. The lowest BCUT2D eigenvalue weighted by Gasteiger charge is -2.35. The molecule has 178 valence electrons. The van der Waals surface area contributed by atoms with Gasteiger partial charge in [-0.25, -0.2) is 4.39 Å². The molecule has 3 N–H and O–H groups in total. The van der Waals surface area contributed by atoms with Gasteiger partial charge >= 0.3 is 0 Å². The van der Waals surface area contributed by atoms with Crippen LogP contribution in [0, 0.1) is 11.2 Å². The zero-order chi connectivity index (χ0) is 21.8. The number of aliphatic hydroxyl groups is 1. The molecule has 0 aliphatic carbocycles. The summed E-state index contributed by atoms with van der Waals surface area (Å²) in [5.74, 6) is 0.559. The number of hydrogen-bond acceptors (Lipinski definition) is 4. The second-order valence-corrected chi connectivity index (χ2v) is 7.97. The van der Waals surface area contributed by atoms with Crippen LogP contribution < -0.4 is 10.6 Å². The Morgan fingerprint density at radius 2 is 1.81 bits per heavy atom. The van der Waals surface area contributed by atoms with E-state index in [-0.39, 0.29) is 47.9 Å². The van der Waals surface area contributed by atoms with E-state index in [9.17, 15) is 9.50 Å². The molecule has 1 fully saturated rings. The Kier molecular flexibility index (Phi) is 13.6. The molecular formula is C23H40FIN4O2. The number of benzene rings is 1. The summed E-state index contributed by atoms with van der Waals surface area (Å²) in [5.41, 5.74) is 1.11. The van der Waals surface area contributed by atoms with Gasteiger partial charge in [-0.2, -0.15) is 0 Å². The summed E-state index contributed by atoms with van der Waals surface area (Å²) in [5, 5.41) is 16.3. The summed E-state index contributed by atoms with van der Waals surface area (Å²) < 4.78 is 19.0. The maximum absolute atomic E-state index is 13.5. The summed E-state index contributed by atoms with van der Waals surface area (Å²) >= 11 is 0. The average molecular weight is 551 g/mol. The van der Waals surface area contributed by atoms with E-state index in [2.05, 4.69) is 36.3 Å². The summed E-state index contributed by atoms with van der Waals surface area (Å²) in [6.07, 6.45) is 2.73. The smallest absolute Gasteiger partial charge is 0.191 e. The highest BCUT2D eigenvalue weighted by Gasteiger charge is 2.26. The van der Waals surface area contributed by atoms with Crippen molar-refractivity contribution in [2.24, 2.45) is 10.4 Å². The Labute approximate surface area is 204 Å². The maximum atomic E-state index is 13.5. The molecule has 0 bridgehead atoms. The van der Waals surface area contributed by atoms with Crippen molar-refractivity contribution >= 4 is 29.9 Å². The van der Waals surface area contributed by atoms with Crippen molar-refractivity contribution < 1.29 is 14.2 Å². The van der Waals surface area contributed by atoms with Gasteiger partial charge in [-0.3, -0.25) is 9.89 Å². The molecule has 2 rings (SSSR count). The number of aliphatic imine (C=N–C) groups is 1. The number of aliphatic hydroxyl groups excluding tert-OH is 1. The second kappa shape index (κ2) is 15.0. The molecule has 1 saturated heterocycles. The van der Waals surface area contributed by atoms with Crippen LogP contribution in [0.1, 0.15) is 51.6 Å². The van der Waals surface area contributed by atoms with Gasteiger partial charge in [0.1, 0.15) is 5.82 Å². The predicted octanol–water partition coefficient (Wildman–Crippen LogP) is 3.56. The Bertz CT molecular complexity index is 635. The van der Waals surface area contributed by atoms with Crippen molar-refractivity contribution in [3.63, 3.8) is 0 Å². The highest BCUT2D eigenvalue weighted by atomic mass is 127. The van der Waals surface area contributed by atoms with Gasteiger partial charge in [0.25, 0.3) is 0 Å². The zero-order valence-electron chi connectivity index (χ0n) is 19.2. The highest BCUT2D eigenvalue weighted by molar-refractivity contribution is 14.0. The molecule has 1 atom stereocenters. The molecular weight excluding hydrogens is 510 g/mol. The number of halogens is 2. The van der Waals surface area contributed by atoms with Gasteiger partial charge in [-0.1, -0.05) is 26.0 Å². The van der Waals surface area contributed by atoms with E-state index in [1.54, 1.807) is 0 Å². The largest absolute Gasteiger partial charge is 0.396 e. The molecule has 0 saturated carbocycles. The number of nitrogens with one attached hydrogen (secondary N) is 2. The van der Waals surface area contributed by atoms with Crippen LogP contribution >= 0.6 is 24.0 Å². The van der Waals surface area contributed by atoms with Crippen LogP contribution in [0.4, 0.5) is 4.39 Å². The van der Waals surface area contributed by atoms with Crippen LogP contribution in [0.25, 0.3) is 0 Å². The third-order valence-corrected chi connectivity index (χ3v) is 6.26. The fraction of sp³-hybridized carbons (Fsp3) is 0.696. The monoisotopic (exact) mass is 550 g/mol. The second-order valence-electron chi connectivity index (χ2n) is 7.97. The van der Waals surface area contributed by atoms with E-state index < -0.39 is 0 Å². The molecule has 1 unspecified atom stereocenters. The lowest BCUT2D eigenvalue weighted by Crippen LogP contribution is -2.46. The first-order valence-electron chi connectivity index (χ1n) is 11.3. The Morgan fingerprint density at radius 3 is 2.35 bits per heavy atom. The fourth-order valence-electron chi connectivity index (χ4n) is 3.96. The summed E-state index contributed by atoms with van der Waals surface area (Å²) in [6, 6.07) is 6.88. The first-order chi connectivity index (χ1) is 14.6. The quantitative estimate of drug-likeness (QED) is 0.224. The molecule has 1 aromatic rings. The molecule has 1 heterocycles. The zero-order valence-corrected chi connectivity index (χ0v) is 21.5. The van der Waals surface area contributed by atoms with Crippen molar-refractivity contribution in [1.82, 2.24) is 15.5 Å². The minimum atomic E-state index is -0.221. The first kappa shape index (κ1) is 28.1. The maximum Gasteiger partial charge on any atom is 0.191 e. The topological polar surface area (TPSA) is 69.1 Å². The van der Waals surface area contributed by atoms with Gasteiger partial charge in [-0.15, -0.1) is 24.0 Å². The Morgan fingerprint density at radius 1 is 1.16 bits per heavy atom. The lowest BCUT2D eigenvalue weighted by atomic mass is 9.79. The number of ether oxygens (including phenoxy) is 1. The Hall–Kier alpha value is -0.970. The van der Waals surface area contributed by atoms with Gasteiger partial charge < -0.3 is 20.5 Å². The van der Waals surface area contributed by atoms with E-state index in [4.69, 9.17) is 9.73 Å². The molecule has 0 radical (unpaired) electrons. The van der Waals surface area contributed by atoms with Crippen LogP contribution in [0.3, 0.4) is 0 Å². The molecule has 1 aliphatic heterocycles. The van der Waals surface area contributed by atoms with E-state index in [1.807, 2.05) is 12.1 Å². The van der Waals surface area contributed by atoms with Crippen LogP contribution in [-0.4, -0.2) is 68.5 Å². The molecule has 1 aromatic carbocycles. The van der Waals surface area contributed by atoms with Crippen molar-refractivity contribution in [3.05, 3.63) is 35.6 Å². The number of guanidine groups is 1. The third-order valence-electron chi connectivity index (χ3n) is 6.26. The van der Waals surface area contributed by atoms with Crippen molar-refractivity contribution in [2.45, 2.75) is 46.1 Å². The molecule has 0 aromatic heterocycles. The fourth-order valence-corrected chi connectivity index (χ4v) is 3.96. The standard InChI is InChI=1S/C23H39FN4O2.HI/c1-4-23(5-2,11-14-29)18-27-22(25-6-3)26-17-21(28-12-15-30-16-13-28)19-7-9-20(24)10-8-19;/h7-10,21,29H,4-6,11-18H2,1-3H3,(H2,25,26,27);1H. The average Bonchev–Trinajstić information content (AvgIpc) is 2.78. The van der Waals surface area contributed by atoms with E-state index in [0.717, 1.165) is 50.4 Å². The molecule has 0 amide bonds. The summed E-state index contributed by atoms with van der Waals surface area (Å²) in [4.78, 5) is 7.23. The number of hydrogen-bond donors (Lipinski definition) is 3. The molecule has 1 aliphatic rings. The van der Waals surface area contributed by atoms with Crippen LogP contribution in [0.5, 0.6) is 0 Å². The lowest BCUT2D eigenvalue weighted by molar-refractivity contribution is 0.0170. The first-order valence-corrected chi connectivity index (χ1v) is 11.3. The van der Waals surface area contributed by atoms with E-state index >= 15 is 0 Å². The van der Waals surface area contributed by atoms with Gasteiger partial charge in [-0.05, 0) is 49.3 Å². The third kappa shape index (κ3) is 8.82. The summed E-state index contributed by atoms with van der Waals surface area (Å²) in [7, 11) is 0. The van der Waals surface area contributed by atoms with Gasteiger partial charge in [0.15, 0.2) is 5.96 Å². The van der Waals surface area contributed by atoms with Gasteiger partial charge in [0, 0.05) is 39.3 Å². The van der Waals surface area contributed by atoms with E-state index in [0.29, 0.717) is 26.3 Å².